The summed E-state index contributed by atoms with van der Waals surface area (Å²) in [4.78, 5) is 14.6. The maximum atomic E-state index is 12.6. The molecule has 1 aromatic rings. The Bertz CT molecular complexity index is 599. The molecule has 1 atom stereocenters. The highest BCUT2D eigenvalue weighted by atomic mass is 16.5. The molecule has 144 valence electrons. The number of methoxy groups -OCH3 is 1. The van der Waals surface area contributed by atoms with E-state index >= 15 is 0 Å². The Labute approximate surface area is 157 Å². The summed E-state index contributed by atoms with van der Waals surface area (Å²) >= 11 is 0. The molecule has 5 nitrogen and oxygen atoms in total. The normalized spacial score (nSPS) is 20.8. The molecule has 1 N–H and O–H groups in total. The highest BCUT2D eigenvalue weighted by molar-refractivity contribution is 5.74. The summed E-state index contributed by atoms with van der Waals surface area (Å²) in [5.74, 6) is 1.55. The zero-order valence-electron chi connectivity index (χ0n) is 16.1. The largest absolute Gasteiger partial charge is 0.493 e. The highest BCUT2D eigenvalue weighted by Gasteiger charge is 2.25. The van der Waals surface area contributed by atoms with Gasteiger partial charge in [0.1, 0.15) is 0 Å². The van der Waals surface area contributed by atoms with Crippen LogP contribution in [0.3, 0.4) is 0 Å². The van der Waals surface area contributed by atoms with E-state index < -0.39 is 0 Å². The second-order valence-electron chi connectivity index (χ2n) is 7.42. The Morgan fingerprint density at radius 1 is 1.15 bits per heavy atom. The molecule has 0 bridgehead atoms. The van der Waals surface area contributed by atoms with Crippen LogP contribution in [0.5, 0.6) is 11.5 Å². The van der Waals surface area contributed by atoms with Gasteiger partial charge < -0.3 is 19.7 Å². The molecule has 5 heteroatoms. The zero-order valence-corrected chi connectivity index (χ0v) is 16.1. The molecular formula is C21H32N2O3. The summed E-state index contributed by atoms with van der Waals surface area (Å²) in [5, 5.41) is 3.08. The number of ether oxygens (including phenoxy) is 2. The third kappa shape index (κ3) is 4.63. The van der Waals surface area contributed by atoms with E-state index in [-0.39, 0.29) is 12.1 Å². The third-order valence-corrected chi connectivity index (χ3v) is 5.63. The van der Waals surface area contributed by atoms with Gasteiger partial charge in [-0.1, -0.05) is 13.0 Å². The Morgan fingerprint density at radius 2 is 1.92 bits per heavy atom. The van der Waals surface area contributed by atoms with Gasteiger partial charge in [0, 0.05) is 19.1 Å². The van der Waals surface area contributed by atoms with Gasteiger partial charge in [0.2, 0.25) is 0 Å². The van der Waals surface area contributed by atoms with Crippen molar-refractivity contribution in [1.82, 2.24) is 10.2 Å². The molecule has 1 aromatic carbocycles. The molecule has 1 saturated heterocycles. The van der Waals surface area contributed by atoms with Gasteiger partial charge in [0.25, 0.3) is 0 Å². The summed E-state index contributed by atoms with van der Waals surface area (Å²) in [6, 6.07) is 6.35. The van der Waals surface area contributed by atoms with Crippen LogP contribution in [0.15, 0.2) is 18.2 Å². The van der Waals surface area contributed by atoms with E-state index in [2.05, 4.69) is 12.2 Å². The monoisotopic (exact) mass is 360 g/mol. The molecule has 2 aliphatic rings. The first-order chi connectivity index (χ1) is 12.7. The van der Waals surface area contributed by atoms with Crippen LogP contribution in [-0.2, 0) is 6.54 Å². The number of nitrogens with one attached hydrogen (secondary N) is 1. The minimum atomic E-state index is 0.0469. The van der Waals surface area contributed by atoms with Gasteiger partial charge in [-0.2, -0.15) is 0 Å². The lowest BCUT2D eigenvalue weighted by molar-refractivity contribution is 0.148. The van der Waals surface area contributed by atoms with Crippen molar-refractivity contribution in [2.24, 2.45) is 0 Å². The van der Waals surface area contributed by atoms with Gasteiger partial charge >= 0.3 is 6.03 Å². The van der Waals surface area contributed by atoms with Gasteiger partial charge in [0.05, 0.1) is 13.2 Å². The quantitative estimate of drug-likeness (QED) is 0.813. The molecule has 0 aromatic heterocycles. The Balaban J connectivity index is 1.60. The predicted molar refractivity (Wildman–Crippen MR) is 103 cm³/mol. The first-order valence-electron chi connectivity index (χ1n) is 10.1. The van der Waals surface area contributed by atoms with Crippen molar-refractivity contribution in [1.29, 1.82) is 0 Å². The SMILES string of the molecule is CCC1CCCCN1C(=O)NCc1ccc(OC)c(OC2CCCC2)c1. The molecule has 2 amide bonds. The van der Waals surface area contributed by atoms with Crippen LogP contribution in [0, 0.1) is 0 Å². The first-order valence-corrected chi connectivity index (χ1v) is 10.1. The lowest BCUT2D eigenvalue weighted by Crippen LogP contribution is -2.48. The lowest BCUT2D eigenvalue weighted by atomic mass is 10.0. The van der Waals surface area contributed by atoms with Crippen LogP contribution in [0.2, 0.25) is 0 Å². The van der Waals surface area contributed by atoms with Crippen LogP contribution >= 0.6 is 0 Å². The van der Waals surface area contributed by atoms with E-state index in [0.29, 0.717) is 12.6 Å². The molecule has 2 fully saturated rings. The van der Waals surface area contributed by atoms with Crippen LogP contribution < -0.4 is 14.8 Å². The Morgan fingerprint density at radius 3 is 2.65 bits per heavy atom. The maximum Gasteiger partial charge on any atom is 0.317 e. The van der Waals surface area contributed by atoms with Crippen molar-refractivity contribution in [3.63, 3.8) is 0 Å². The molecule has 3 rings (SSSR count). The van der Waals surface area contributed by atoms with Crippen molar-refractivity contribution in [3.8, 4) is 11.5 Å². The van der Waals surface area contributed by atoms with Gasteiger partial charge in [-0.05, 0) is 69.1 Å². The third-order valence-electron chi connectivity index (χ3n) is 5.63. The van der Waals surface area contributed by atoms with Gasteiger partial charge in [-0.15, -0.1) is 0 Å². The average molecular weight is 360 g/mol. The maximum absolute atomic E-state index is 12.6. The number of carbonyl (C=O) groups is 1. The molecule has 0 spiro atoms. The zero-order chi connectivity index (χ0) is 18.4. The fourth-order valence-electron chi connectivity index (χ4n) is 4.08. The Kier molecular flexibility index (Phi) is 6.64. The predicted octanol–water partition coefficient (Wildman–Crippen LogP) is 4.49. The molecule has 0 radical (unpaired) electrons. The minimum absolute atomic E-state index is 0.0469. The number of rotatable bonds is 6. The summed E-state index contributed by atoms with van der Waals surface area (Å²) in [6.45, 7) is 3.53. The van der Waals surface area contributed by atoms with Crippen molar-refractivity contribution < 1.29 is 14.3 Å². The van der Waals surface area contributed by atoms with Gasteiger partial charge in [0.15, 0.2) is 11.5 Å². The molecule has 1 unspecified atom stereocenters. The van der Waals surface area contributed by atoms with Crippen LogP contribution in [-0.4, -0.2) is 36.7 Å². The van der Waals surface area contributed by atoms with Gasteiger partial charge in [-0.25, -0.2) is 4.79 Å². The van der Waals surface area contributed by atoms with E-state index in [1.165, 1.54) is 19.3 Å². The van der Waals surface area contributed by atoms with Crippen molar-refractivity contribution in [3.05, 3.63) is 23.8 Å². The molecule has 1 aliphatic carbocycles. The standard InChI is InChI=1S/C21H32N2O3/c1-3-17-8-6-7-13-23(17)21(24)22-15-16-11-12-19(25-2)20(14-16)26-18-9-4-5-10-18/h11-12,14,17-18H,3-10,13,15H2,1-2H3,(H,22,24). The number of hydrogen-bond donors (Lipinski definition) is 1. The van der Waals surface area contributed by atoms with Gasteiger partial charge in [-0.3, -0.25) is 0 Å². The summed E-state index contributed by atoms with van der Waals surface area (Å²) in [6.07, 6.45) is 9.44. The van der Waals surface area contributed by atoms with E-state index in [1.807, 2.05) is 23.1 Å². The number of carbonyl (C=O) groups excluding carboxylic acids is 1. The number of piperidine rings is 1. The number of hydrogen-bond acceptors (Lipinski definition) is 3. The molecule has 1 aliphatic heterocycles. The first kappa shape index (κ1) is 18.9. The van der Waals surface area contributed by atoms with E-state index in [9.17, 15) is 4.79 Å². The van der Waals surface area contributed by atoms with Crippen molar-refractivity contribution in [2.45, 2.75) is 77.0 Å². The highest BCUT2D eigenvalue weighted by Crippen LogP contribution is 2.32. The molecular weight excluding hydrogens is 328 g/mol. The lowest BCUT2D eigenvalue weighted by Gasteiger charge is -2.35. The molecule has 26 heavy (non-hydrogen) atoms. The van der Waals surface area contributed by atoms with Crippen LogP contribution in [0.4, 0.5) is 4.79 Å². The minimum Gasteiger partial charge on any atom is -0.493 e. The van der Waals surface area contributed by atoms with Crippen molar-refractivity contribution >= 4 is 6.03 Å². The number of nitrogens with zero attached hydrogens (tertiary/aromatic N) is 1. The topological polar surface area (TPSA) is 50.8 Å². The summed E-state index contributed by atoms with van der Waals surface area (Å²) < 4.78 is 11.6. The van der Waals surface area contributed by atoms with Crippen molar-refractivity contribution in [2.75, 3.05) is 13.7 Å². The molecule has 1 heterocycles. The fraction of sp³-hybridized carbons (Fsp3) is 0.667. The van der Waals surface area contributed by atoms with E-state index in [4.69, 9.17) is 9.47 Å². The fourth-order valence-corrected chi connectivity index (χ4v) is 4.08. The average Bonchev–Trinajstić information content (AvgIpc) is 3.19. The number of amides is 2. The number of urea groups is 1. The van der Waals surface area contributed by atoms with Crippen LogP contribution in [0.1, 0.15) is 63.9 Å². The van der Waals surface area contributed by atoms with Crippen LogP contribution in [0.25, 0.3) is 0 Å². The molecule has 1 saturated carbocycles. The second-order valence-corrected chi connectivity index (χ2v) is 7.42. The van der Waals surface area contributed by atoms with E-state index in [0.717, 1.165) is 55.7 Å². The smallest absolute Gasteiger partial charge is 0.317 e. The van der Waals surface area contributed by atoms with E-state index in [1.54, 1.807) is 7.11 Å². The second kappa shape index (κ2) is 9.15. The summed E-state index contributed by atoms with van der Waals surface area (Å²) in [5.41, 5.74) is 1.04. The number of benzene rings is 1. The number of likely N-dealkylation sites (tertiary alicyclic amines) is 1. The summed E-state index contributed by atoms with van der Waals surface area (Å²) in [7, 11) is 1.67. The Hall–Kier alpha value is -1.91.